The summed E-state index contributed by atoms with van der Waals surface area (Å²) in [5.41, 5.74) is 1.84. The van der Waals surface area contributed by atoms with Crippen LogP contribution in [0.25, 0.3) is 11.5 Å². The fourth-order valence-corrected chi connectivity index (χ4v) is 2.59. The fraction of sp³-hybridized carbons (Fsp3) is 0.400. The molecule has 1 aliphatic rings. The number of oxazole rings is 1. The van der Waals surface area contributed by atoms with Crippen molar-refractivity contribution in [2.75, 3.05) is 19.7 Å². The Kier molecular flexibility index (Phi) is 4.05. The lowest BCUT2D eigenvalue weighted by Gasteiger charge is -2.30. The van der Waals surface area contributed by atoms with Gasteiger partial charge in [-0.15, -0.1) is 0 Å². The summed E-state index contributed by atoms with van der Waals surface area (Å²) in [6.07, 6.45) is 2.00. The van der Waals surface area contributed by atoms with E-state index in [1.807, 2.05) is 24.3 Å². The molecule has 5 heteroatoms. The Morgan fingerprint density at radius 3 is 3.15 bits per heavy atom. The molecule has 0 radical (unpaired) electrons. The second kappa shape index (κ2) is 5.95. The van der Waals surface area contributed by atoms with Gasteiger partial charge in [0.2, 0.25) is 5.89 Å². The molecule has 1 unspecified atom stereocenters. The minimum atomic E-state index is 0.281. The van der Waals surface area contributed by atoms with E-state index in [4.69, 9.17) is 20.8 Å². The number of rotatable bonds is 3. The van der Waals surface area contributed by atoms with Crippen molar-refractivity contribution in [2.45, 2.75) is 19.6 Å². The molecule has 1 aromatic heterocycles. The van der Waals surface area contributed by atoms with Crippen molar-refractivity contribution < 1.29 is 9.15 Å². The van der Waals surface area contributed by atoms with Crippen LogP contribution in [-0.4, -0.2) is 35.7 Å². The van der Waals surface area contributed by atoms with E-state index in [0.29, 0.717) is 10.9 Å². The van der Waals surface area contributed by atoms with E-state index < -0.39 is 0 Å². The normalized spacial score (nSPS) is 20.2. The second-order valence-corrected chi connectivity index (χ2v) is 5.51. The van der Waals surface area contributed by atoms with Crippen LogP contribution in [-0.2, 0) is 11.3 Å². The SMILES string of the molecule is CC1CN(Cc2coc(-c3cccc(Cl)c3)n2)CCO1. The standard InChI is InChI=1S/C15H17ClN2O2/c1-11-8-18(5-6-19-11)9-14-10-20-15(17-14)12-3-2-4-13(16)7-12/h2-4,7,10-11H,5-6,8-9H2,1H3. The smallest absolute Gasteiger partial charge is 0.226 e. The van der Waals surface area contributed by atoms with Crippen LogP contribution in [0.5, 0.6) is 0 Å². The Balaban J connectivity index is 1.70. The van der Waals surface area contributed by atoms with Gasteiger partial charge in [0.05, 0.1) is 18.4 Å². The average Bonchev–Trinajstić information content (AvgIpc) is 2.87. The molecule has 2 aromatic rings. The predicted molar refractivity (Wildman–Crippen MR) is 77.6 cm³/mol. The van der Waals surface area contributed by atoms with Gasteiger partial charge in [0.25, 0.3) is 0 Å². The molecule has 2 heterocycles. The lowest BCUT2D eigenvalue weighted by molar-refractivity contribution is -0.0215. The molecule has 3 rings (SSSR count). The van der Waals surface area contributed by atoms with Gasteiger partial charge in [-0.25, -0.2) is 4.98 Å². The summed E-state index contributed by atoms with van der Waals surface area (Å²) in [4.78, 5) is 6.86. The molecule has 0 spiro atoms. The predicted octanol–water partition coefficient (Wildman–Crippen LogP) is 3.22. The fourth-order valence-electron chi connectivity index (χ4n) is 2.40. The van der Waals surface area contributed by atoms with Crippen molar-refractivity contribution in [3.05, 3.63) is 41.2 Å². The van der Waals surface area contributed by atoms with Gasteiger partial charge in [0, 0.05) is 30.2 Å². The van der Waals surface area contributed by atoms with Crippen molar-refractivity contribution in [1.29, 1.82) is 0 Å². The van der Waals surface area contributed by atoms with Gasteiger partial charge in [0.1, 0.15) is 6.26 Å². The van der Waals surface area contributed by atoms with Crippen molar-refractivity contribution in [2.24, 2.45) is 0 Å². The molecular weight excluding hydrogens is 276 g/mol. The molecule has 1 aliphatic heterocycles. The first-order valence-corrected chi connectivity index (χ1v) is 7.13. The summed E-state index contributed by atoms with van der Waals surface area (Å²) < 4.78 is 11.1. The van der Waals surface area contributed by atoms with E-state index in [1.54, 1.807) is 6.26 Å². The third kappa shape index (κ3) is 3.20. The molecule has 1 aromatic carbocycles. The topological polar surface area (TPSA) is 38.5 Å². The summed E-state index contributed by atoms with van der Waals surface area (Å²) in [7, 11) is 0. The summed E-state index contributed by atoms with van der Waals surface area (Å²) in [5, 5.41) is 0.684. The molecule has 0 aliphatic carbocycles. The molecule has 0 amide bonds. The third-order valence-electron chi connectivity index (χ3n) is 3.33. The Labute approximate surface area is 123 Å². The molecule has 0 saturated carbocycles. The molecule has 0 bridgehead atoms. The zero-order valence-corrected chi connectivity index (χ0v) is 12.1. The summed E-state index contributed by atoms with van der Waals surface area (Å²) in [6.45, 7) is 5.52. The average molecular weight is 293 g/mol. The maximum Gasteiger partial charge on any atom is 0.226 e. The largest absolute Gasteiger partial charge is 0.444 e. The number of benzene rings is 1. The quantitative estimate of drug-likeness (QED) is 0.871. The van der Waals surface area contributed by atoms with Gasteiger partial charge in [-0.05, 0) is 25.1 Å². The van der Waals surface area contributed by atoms with Crippen LogP contribution in [0.3, 0.4) is 0 Å². The highest BCUT2D eigenvalue weighted by molar-refractivity contribution is 6.30. The Bertz CT molecular complexity index is 585. The highest BCUT2D eigenvalue weighted by Crippen LogP contribution is 2.22. The Hall–Kier alpha value is -1.36. The van der Waals surface area contributed by atoms with Crippen LogP contribution in [0.1, 0.15) is 12.6 Å². The third-order valence-corrected chi connectivity index (χ3v) is 3.57. The number of hydrogen-bond acceptors (Lipinski definition) is 4. The summed E-state index contributed by atoms with van der Waals surface area (Å²) >= 11 is 5.98. The first kappa shape index (κ1) is 13.6. The molecule has 1 fully saturated rings. The van der Waals surface area contributed by atoms with E-state index >= 15 is 0 Å². The molecule has 1 atom stereocenters. The monoisotopic (exact) mass is 292 g/mol. The van der Waals surface area contributed by atoms with Gasteiger partial charge >= 0.3 is 0 Å². The van der Waals surface area contributed by atoms with Crippen molar-refractivity contribution >= 4 is 11.6 Å². The highest BCUT2D eigenvalue weighted by Gasteiger charge is 2.18. The van der Waals surface area contributed by atoms with Crippen LogP contribution in [0, 0.1) is 0 Å². The maximum atomic E-state index is 5.98. The number of aromatic nitrogens is 1. The van der Waals surface area contributed by atoms with Gasteiger partial charge in [-0.3, -0.25) is 4.90 Å². The number of hydrogen-bond donors (Lipinski definition) is 0. The minimum absolute atomic E-state index is 0.281. The molecular formula is C15H17ClN2O2. The maximum absolute atomic E-state index is 5.98. The highest BCUT2D eigenvalue weighted by atomic mass is 35.5. The second-order valence-electron chi connectivity index (χ2n) is 5.07. The summed E-state index contributed by atoms with van der Waals surface area (Å²) in [5.74, 6) is 0.615. The van der Waals surface area contributed by atoms with Gasteiger partial charge in [0.15, 0.2) is 0 Å². The molecule has 0 N–H and O–H groups in total. The van der Waals surface area contributed by atoms with Crippen LogP contribution in [0.15, 0.2) is 34.9 Å². The van der Waals surface area contributed by atoms with Crippen LogP contribution in [0.4, 0.5) is 0 Å². The summed E-state index contributed by atoms with van der Waals surface area (Å²) in [6, 6.07) is 7.53. The zero-order chi connectivity index (χ0) is 13.9. The van der Waals surface area contributed by atoms with Crippen LogP contribution < -0.4 is 0 Å². The number of ether oxygens (including phenoxy) is 1. The molecule has 4 nitrogen and oxygen atoms in total. The van der Waals surface area contributed by atoms with Crippen LogP contribution >= 0.6 is 11.6 Å². The Morgan fingerprint density at radius 2 is 2.35 bits per heavy atom. The molecule has 20 heavy (non-hydrogen) atoms. The van der Waals surface area contributed by atoms with E-state index in [1.165, 1.54) is 0 Å². The van der Waals surface area contributed by atoms with E-state index in [0.717, 1.165) is 37.5 Å². The van der Waals surface area contributed by atoms with Crippen LogP contribution in [0.2, 0.25) is 5.02 Å². The molecule has 106 valence electrons. The van der Waals surface area contributed by atoms with Gasteiger partial charge < -0.3 is 9.15 Å². The minimum Gasteiger partial charge on any atom is -0.444 e. The lowest BCUT2D eigenvalue weighted by atomic mass is 10.2. The van der Waals surface area contributed by atoms with Gasteiger partial charge in [-0.1, -0.05) is 17.7 Å². The number of halogens is 1. The number of nitrogens with zero attached hydrogens (tertiary/aromatic N) is 2. The molecule has 1 saturated heterocycles. The van der Waals surface area contributed by atoms with E-state index in [2.05, 4.69) is 16.8 Å². The Morgan fingerprint density at radius 1 is 1.45 bits per heavy atom. The van der Waals surface area contributed by atoms with Crippen molar-refractivity contribution in [1.82, 2.24) is 9.88 Å². The first-order chi connectivity index (χ1) is 9.70. The number of morpholine rings is 1. The van der Waals surface area contributed by atoms with Crippen molar-refractivity contribution in [3.8, 4) is 11.5 Å². The van der Waals surface area contributed by atoms with Crippen molar-refractivity contribution in [3.63, 3.8) is 0 Å². The zero-order valence-electron chi connectivity index (χ0n) is 11.4. The first-order valence-electron chi connectivity index (χ1n) is 6.75. The van der Waals surface area contributed by atoms with E-state index in [-0.39, 0.29) is 6.10 Å². The lowest BCUT2D eigenvalue weighted by Crippen LogP contribution is -2.40. The van der Waals surface area contributed by atoms with E-state index in [9.17, 15) is 0 Å². The van der Waals surface area contributed by atoms with Gasteiger partial charge in [-0.2, -0.15) is 0 Å².